The maximum atomic E-state index is 9.18. The summed E-state index contributed by atoms with van der Waals surface area (Å²) in [7, 11) is 1.85. The van der Waals surface area contributed by atoms with Crippen molar-refractivity contribution < 1.29 is 0 Å². The highest BCUT2D eigenvalue weighted by Crippen LogP contribution is 2.22. The Morgan fingerprint density at radius 3 is 2.79 bits per heavy atom. The summed E-state index contributed by atoms with van der Waals surface area (Å²) in [6.07, 6.45) is 1.50. The fourth-order valence-corrected chi connectivity index (χ4v) is 2.17. The lowest BCUT2D eigenvalue weighted by atomic mass is 10.1. The number of hydrogen-bond acceptors (Lipinski definition) is 4. The summed E-state index contributed by atoms with van der Waals surface area (Å²) in [6, 6.07) is 9.74. The standard InChI is InChI=1S/C13H10BrN5/c1-17-7-9-2-3-10(14)4-12(9)19-8-18-11(5-15)13(19)6-16/h2-4,8,17H,7H2,1H3. The monoisotopic (exact) mass is 315 g/mol. The highest BCUT2D eigenvalue weighted by atomic mass is 79.9. The lowest BCUT2D eigenvalue weighted by Gasteiger charge is -2.11. The second-order valence-corrected chi connectivity index (χ2v) is 4.75. The van der Waals surface area contributed by atoms with Gasteiger partial charge in [-0.1, -0.05) is 22.0 Å². The van der Waals surface area contributed by atoms with Crippen LogP contribution < -0.4 is 5.32 Å². The van der Waals surface area contributed by atoms with Gasteiger partial charge in [0.25, 0.3) is 0 Å². The maximum Gasteiger partial charge on any atom is 0.177 e. The molecule has 1 aromatic carbocycles. The molecule has 6 heteroatoms. The highest BCUT2D eigenvalue weighted by Gasteiger charge is 2.14. The third-order valence-electron chi connectivity index (χ3n) is 2.65. The molecule has 0 unspecified atom stereocenters. The molecule has 0 aliphatic carbocycles. The number of rotatable bonds is 3. The summed E-state index contributed by atoms with van der Waals surface area (Å²) in [5.41, 5.74) is 2.23. The Balaban J connectivity index is 2.65. The van der Waals surface area contributed by atoms with Gasteiger partial charge in [-0.15, -0.1) is 0 Å². The van der Waals surface area contributed by atoms with Gasteiger partial charge < -0.3 is 5.32 Å². The predicted molar refractivity (Wildman–Crippen MR) is 73.5 cm³/mol. The number of nitrogens with one attached hydrogen (secondary N) is 1. The van der Waals surface area contributed by atoms with Crippen LogP contribution in [0.3, 0.4) is 0 Å². The van der Waals surface area contributed by atoms with Crippen LogP contribution in [0, 0.1) is 22.7 Å². The highest BCUT2D eigenvalue weighted by molar-refractivity contribution is 9.10. The SMILES string of the molecule is CNCc1ccc(Br)cc1-n1cnc(C#N)c1C#N. The van der Waals surface area contributed by atoms with Crippen LogP contribution in [-0.2, 0) is 6.54 Å². The third-order valence-corrected chi connectivity index (χ3v) is 3.15. The molecule has 1 aromatic heterocycles. The van der Waals surface area contributed by atoms with Crippen LogP contribution in [-0.4, -0.2) is 16.6 Å². The molecule has 0 bridgehead atoms. The van der Waals surface area contributed by atoms with Gasteiger partial charge in [-0.2, -0.15) is 10.5 Å². The largest absolute Gasteiger partial charge is 0.316 e. The molecule has 0 atom stereocenters. The Labute approximate surface area is 119 Å². The summed E-state index contributed by atoms with van der Waals surface area (Å²) >= 11 is 3.41. The van der Waals surface area contributed by atoms with Crippen molar-refractivity contribution in [3.63, 3.8) is 0 Å². The van der Waals surface area contributed by atoms with Crippen LogP contribution in [0.15, 0.2) is 29.0 Å². The number of benzene rings is 1. The van der Waals surface area contributed by atoms with Crippen molar-refractivity contribution in [1.29, 1.82) is 10.5 Å². The first-order valence-corrected chi connectivity index (χ1v) is 6.31. The molecule has 0 aliphatic rings. The first-order chi connectivity index (χ1) is 9.21. The number of imidazole rings is 1. The first-order valence-electron chi connectivity index (χ1n) is 5.52. The Morgan fingerprint density at radius 1 is 1.37 bits per heavy atom. The molecule has 0 amide bonds. The Bertz CT molecular complexity index is 690. The molecule has 5 nitrogen and oxygen atoms in total. The van der Waals surface area contributed by atoms with Gasteiger partial charge in [0.2, 0.25) is 0 Å². The van der Waals surface area contributed by atoms with Crippen LogP contribution in [0.4, 0.5) is 0 Å². The molecule has 0 radical (unpaired) electrons. The van der Waals surface area contributed by atoms with E-state index in [1.807, 2.05) is 37.4 Å². The summed E-state index contributed by atoms with van der Waals surface area (Å²) in [5, 5.41) is 21.2. The number of nitriles is 2. The molecular formula is C13H10BrN5. The molecule has 1 heterocycles. The van der Waals surface area contributed by atoms with E-state index < -0.39 is 0 Å². The molecule has 94 valence electrons. The average molecular weight is 316 g/mol. The molecule has 0 aliphatic heterocycles. The molecule has 1 N–H and O–H groups in total. The third kappa shape index (κ3) is 2.50. The fourth-order valence-electron chi connectivity index (χ4n) is 1.82. The van der Waals surface area contributed by atoms with Gasteiger partial charge in [-0.05, 0) is 24.7 Å². The molecule has 19 heavy (non-hydrogen) atoms. The minimum Gasteiger partial charge on any atom is -0.316 e. The number of hydrogen-bond donors (Lipinski definition) is 1. The van der Waals surface area contributed by atoms with Crippen LogP contribution in [0.1, 0.15) is 17.0 Å². The second-order valence-electron chi connectivity index (χ2n) is 3.84. The second kappa shape index (κ2) is 5.66. The van der Waals surface area contributed by atoms with E-state index in [-0.39, 0.29) is 11.4 Å². The van der Waals surface area contributed by atoms with Crippen LogP contribution in [0.25, 0.3) is 5.69 Å². The number of aromatic nitrogens is 2. The molecular weight excluding hydrogens is 306 g/mol. The zero-order valence-electron chi connectivity index (χ0n) is 10.2. The van der Waals surface area contributed by atoms with E-state index >= 15 is 0 Å². The lowest BCUT2D eigenvalue weighted by Crippen LogP contribution is -2.09. The van der Waals surface area contributed by atoms with Gasteiger partial charge in [0, 0.05) is 11.0 Å². The van der Waals surface area contributed by atoms with Crippen LogP contribution in [0.5, 0.6) is 0 Å². The Morgan fingerprint density at radius 2 is 2.16 bits per heavy atom. The Kier molecular flexibility index (Phi) is 3.96. The maximum absolute atomic E-state index is 9.18. The minimum atomic E-state index is 0.137. The van der Waals surface area contributed by atoms with E-state index in [0.717, 1.165) is 15.7 Å². The van der Waals surface area contributed by atoms with Crippen molar-refractivity contribution in [3.05, 3.63) is 46.0 Å². The lowest BCUT2D eigenvalue weighted by molar-refractivity contribution is 0.806. The van der Waals surface area contributed by atoms with Crippen molar-refractivity contribution in [2.75, 3.05) is 7.05 Å². The zero-order chi connectivity index (χ0) is 13.8. The van der Waals surface area contributed by atoms with Gasteiger partial charge in [0.05, 0.1) is 5.69 Å². The smallest absolute Gasteiger partial charge is 0.177 e. The Hall–Kier alpha value is -2.15. The molecule has 0 spiro atoms. The van der Waals surface area contributed by atoms with E-state index in [9.17, 15) is 5.26 Å². The van der Waals surface area contributed by atoms with Gasteiger partial charge in [0.1, 0.15) is 18.5 Å². The molecule has 0 fully saturated rings. The van der Waals surface area contributed by atoms with Gasteiger partial charge in [0.15, 0.2) is 11.4 Å². The van der Waals surface area contributed by atoms with E-state index in [1.54, 1.807) is 4.57 Å². The van der Waals surface area contributed by atoms with Gasteiger partial charge in [-0.25, -0.2) is 4.98 Å². The van der Waals surface area contributed by atoms with Gasteiger partial charge >= 0.3 is 0 Å². The summed E-state index contributed by atoms with van der Waals surface area (Å²) < 4.78 is 2.54. The quantitative estimate of drug-likeness (QED) is 0.940. The van der Waals surface area contributed by atoms with Crippen molar-refractivity contribution in [2.45, 2.75) is 6.54 Å². The zero-order valence-corrected chi connectivity index (χ0v) is 11.8. The van der Waals surface area contributed by atoms with Crippen LogP contribution >= 0.6 is 15.9 Å². The van der Waals surface area contributed by atoms with E-state index in [2.05, 4.69) is 26.2 Å². The van der Waals surface area contributed by atoms with Crippen molar-refractivity contribution in [1.82, 2.24) is 14.9 Å². The normalized spacial score (nSPS) is 9.89. The summed E-state index contributed by atoms with van der Waals surface area (Å²) in [6.45, 7) is 0.660. The summed E-state index contributed by atoms with van der Waals surface area (Å²) in [4.78, 5) is 3.96. The molecule has 0 saturated carbocycles. The van der Waals surface area contributed by atoms with Crippen LogP contribution in [0.2, 0.25) is 0 Å². The number of halogens is 1. The first kappa shape index (κ1) is 13.3. The van der Waals surface area contributed by atoms with E-state index in [4.69, 9.17) is 5.26 Å². The summed E-state index contributed by atoms with van der Waals surface area (Å²) in [5.74, 6) is 0. The van der Waals surface area contributed by atoms with Crippen molar-refractivity contribution in [3.8, 4) is 17.8 Å². The number of nitrogens with zero attached hydrogens (tertiary/aromatic N) is 4. The van der Waals surface area contributed by atoms with E-state index in [1.165, 1.54) is 6.33 Å². The van der Waals surface area contributed by atoms with Crippen molar-refractivity contribution >= 4 is 15.9 Å². The topological polar surface area (TPSA) is 77.4 Å². The molecule has 2 aromatic rings. The molecule has 2 rings (SSSR count). The minimum absolute atomic E-state index is 0.137. The van der Waals surface area contributed by atoms with Gasteiger partial charge in [-0.3, -0.25) is 4.57 Å². The van der Waals surface area contributed by atoms with E-state index in [0.29, 0.717) is 6.54 Å². The fraction of sp³-hybridized carbons (Fsp3) is 0.154. The van der Waals surface area contributed by atoms with Crippen molar-refractivity contribution in [2.24, 2.45) is 0 Å². The molecule has 0 saturated heterocycles. The average Bonchev–Trinajstić information content (AvgIpc) is 2.83. The predicted octanol–water partition coefficient (Wildman–Crippen LogP) is 2.10.